The van der Waals surface area contributed by atoms with Crippen molar-refractivity contribution in [2.45, 2.75) is 13.5 Å². The lowest BCUT2D eigenvalue weighted by atomic mass is 10.2. The summed E-state index contributed by atoms with van der Waals surface area (Å²) in [5.41, 5.74) is 7.46. The zero-order chi connectivity index (χ0) is 14.5. The van der Waals surface area contributed by atoms with Crippen LogP contribution >= 0.6 is 0 Å². The molecular weight excluding hydrogens is 256 g/mol. The maximum atomic E-state index is 5.85. The Morgan fingerprint density at radius 3 is 2.30 bits per heavy atom. The summed E-state index contributed by atoms with van der Waals surface area (Å²) in [6.45, 7) is 2.37. The lowest BCUT2D eigenvalue weighted by Gasteiger charge is -2.14. The summed E-state index contributed by atoms with van der Waals surface area (Å²) in [4.78, 5) is 4.28. The molecule has 0 aliphatic carbocycles. The highest BCUT2D eigenvalue weighted by molar-refractivity contribution is 5.53. The van der Waals surface area contributed by atoms with E-state index < -0.39 is 0 Å². The molecule has 0 saturated heterocycles. The average molecular weight is 274 g/mol. The molecule has 1 aromatic carbocycles. The molecule has 0 atom stereocenters. The molecule has 0 spiro atoms. The summed E-state index contributed by atoms with van der Waals surface area (Å²) in [6, 6.07) is 7.40. The van der Waals surface area contributed by atoms with Gasteiger partial charge in [0.1, 0.15) is 0 Å². The van der Waals surface area contributed by atoms with Gasteiger partial charge < -0.3 is 19.9 Å². The third kappa shape index (κ3) is 2.83. The van der Waals surface area contributed by atoms with Crippen LogP contribution in [0.4, 0.5) is 0 Å². The number of ether oxygens (including phenoxy) is 3. The van der Waals surface area contributed by atoms with Crippen LogP contribution in [0, 0.1) is 6.92 Å². The summed E-state index contributed by atoms with van der Waals surface area (Å²) >= 11 is 0. The number of aryl methyl sites for hydroxylation is 1. The molecule has 0 radical (unpaired) electrons. The highest BCUT2D eigenvalue weighted by Crippen LogP contribution is 2.40. The second-order valence-electron chi connectivity index (χ2n) is 4.26. The summed E-state index contributed by atoms with van der Waals surface area (Å²) in [6.07, 6.45) is 1.70. The smallest absolute Gasteiger partial charge is 0.222 e. The molecule has 0 bridgehead atoms. The van der Waals surface area contributed by atoms with Crippen molar-refractivity contribution in [3.05, 3.63) is 41.6 Å². The largest absolute Gasteiger partial charge is 0.493 e. The number of benzene rings is 1. The average Bonchev–Trinajstić information content (AvgIpc) is 2.49. The molecule has 106 valence electrons. The minimum absolute atomic E-state index is 0.450. The molecule has 20 heavy (non-hydrogen) atoms. The number of nitrogens with two attached hydrogens (primary N) is 1. The van der Waals surface area contributed by atoms with Crippen molar-refractivity contribution in [1.29, 1.82) is 0 Å². The predicted octanol–water partition coefficient (Wildman–Crippen LogP) is 2.66. The van der Waals surface area contributed by atoms with E-state index in [9.17, 15) is 0 Å². The van der Waals surface area contributed by atoms with Crippen LogP contribution in [0.3, 0.4) is 0 Å². The molecule has 0 fully saturated rings. The van der Waals surface area contributed by atoms with E-state index in [0.29, 0.717) is 29.7 Å². The van der Waals surface area contributed by atoms with E-state index in [1.165, 1.54) is 0 Å². The maximum absolute atomic E-state index is 5.85. The van der Waals surface area contributed by atoms with Gasteiger partial charge >= 0.3 is 0 Å². The minimum atomic E-state index is 0.450. The number of methoxy groups -OCH3 is 2. The van der Waals surface area contributed by atoms with Crippen LogP contribution in [0.1, 0.15) is 11.1 Å². The minimum Gasteiger partial charge on any atom is -0.493 e. The Morgan fingerprint density at radius 2 is 1.80 bits per heavy atom. The first-order valence-electron chi connectivity index (χ1n) is 6.24. The van der Waals surface area contributed by atoms with Gasteiger partial charge in [0.2, 0.25) is 11.6 Å². The first kappa shape index (κ1) is 14.1. The Bertz CT molecular complexity index is 577. The van der Waals surface area contributed by atoms with E-state index in [1.807, 2.05) is 19.1 Å². The van der Waals surface area contributed by atoms with Gasteiger partial charge in [-0.25, -0.2) is 4.98 Å². The molecule has 2 aromatic rings. The summed E-state index contributed by atoms with van der Waals surface area (Å²) in [5, 5.41) is 0. The molecule has 0 unspecified atom stereocenters. The van der Waals surface area contributed by atoms with E-state index in [2.05, 4.69) is 4.98 Å². The van der Waals surface area contributed by atoms with Crippen LogP contribution in [-0.4, -0.2) is 19.2 Å². The molecule has 2 rings (SSSR count). The van der Waals surface area contributed by atoms with Crippen molar-refractivity contribution in [3.8, 4) is 23.1 Å². The number of aromatic nitrogens is 1. The fraction of sp³-hybridized carbons (Fsp3) is 0.267. The van der Waals surface area contributed by atoms with E-state index in [-0.39, 0.29) is 0 Å². The van der Waals surface area contributed by atoms with Crippen LogP contribution in [-0.2, 0) is 6.54 Å². The normalized spacial score (nSPS) is 10.2. The first-order valence-corrected chi connectivity index (χ1v) is 6.24. The molecule has 5 nitrogen and oxygen atoms in total. The third-order valence-corrected chi connectivity index (χ3v) is 2.90. The van der Waals surface area contributed by atoms with Gasteiger partial charge in [-0.2, -0.15) is 0 Å². The fourth-order valence-corrected chi connectivity index (χ4v) is 1.85. The molecule has 0 aliphatic rings. The Hall–Kier alpha value is -2.27. The van der Waals surface area contributed by atoms with E-state index in [1.54, 1.807) is 32.5 Å². The van der Waals surface area contributed by atoms with E-state index in [4.69, 9.17) is 19.9 Å². The molecular formula is C15H18N2O3. The van der Waals surface area contributed by atoms with Gasteiger partial charge in [-0.1, -0.05) is 6.07 Å². The number of hydrogen-bond acceptors (Lipinski definition) is 5. The van der Waals surface area contributed by atoms with Crippen molar-refractivity contribution in [1.82, 2.24) is 4.98 Å². The second kappa shape index (κ2) is 6.25. The topological polar surface area (TPSA) is 66.6 Å². The highest BCUT2D eigenvalue weighted by Gasteiger charge is 2.14. The van der Waals surface area contributed by atoms with Crippen molar-refractivity contribution in [2.75, 3.05) is 14.2 Å². The van der Waals surface area contributed by atoms with Gasteiger partial charge in [-0.15, -0.1) is 0 Å². The zero-order valence-electron chi connectivity index (χ0n) is 11.8. The van der Waals surface area contributed by atoms with Crippen molar-refractivity contribution >= 4 is 0 Å². The summed E-state index contributed by atoms with van der Waals surface area (Å²) < 4.78 is 16.4. The summed E-state index contributed by atoms with van der Waals surface area (Å²) in [7, 11) is 3.17. The van der Waals surface area contributed by atoms with Gasteiger partial charge in [0.15, 0.2) is 11.5 Å². The number of nitrogens with zero attached hydrogens (tertiary/aromatic N) is 1. The zero-order valence-corrected chi connectivity index (χ0v) is 11.8. The van der Waals surface area contributed by atoms with Crippen LogP contribution in [0.2, 0.25) is 0 Å². The molecule has 0 amide bonds. The Labute approximate surface area is 118 Å². The van der Waals surface area contributed by atoms with Crippen molar-refractivity contribution in [3.63, 3.8) is 0 Å². The fourth-order valence-electron chi connectivity index (χ4n) is 1.85. The summed E-state index contributed by atoms with van der Waals surface area (Å²) in [5.74, 6) is 2.19. The Balaban J connectivity index is 2.39. The SMILES string of the molecule is COc1cccc(OC)c1Oc1ncc(CN)cc1C. The monoisotopic (exact) mass is 274 g/mol. The van der Waals surface area contributed by atoms with E-state index >= 15 is 0 Å². The Kier molecular flexibility index (Phi) is 4.42. The number of pyridine rings is 1. The van der Waals surface area contributed by atoms with Crippen LogP contribution in [0.5, 0.6) is 23.1 Å². The quantitative estimate of drug-likeness (QED) is 0.908. The van der Waals surface area contributed by atoms with Crippen LogP contribution in [0.25, 0.3) is 0 Å². The van der Waals surface area contributed by atoms with Crippen LogP contribution < -0.4 is 19.9 Å². The number of para-hydroxylation sites is 1. The molecule has 1 heterocycles. The third-order valence-electron chi connectivity index (χ3n) is 2.90. The number of rotatable bonds is 5. The van der Waals surface area contributed by atoms with Crippen molar-refractivity contribution < 1.29 is 14.2 Å². The first-order chi connectivity index (χ1) is 9.69. The second-order valence-corrected chi connectivity index (χ2v) is 4.26. The molecule has 1 aromatic heterocycles. The molecule has 0 aliphatic heterocycles. The Morgan fingerprint density at radius 1 is 1.15 bits per heavy atom. The van der Waals surface area contributed by atoms with Gasteiger partial charge in [0.05, 0.1) is 14.2 Å². The van der Waals surface area contributed by atoms with Gasteiger partial charge in [-0.3, -0.25) is 0 Å². The highest BCUT2D eigenvalue weighted by atomic mass is 16.5. The standard InChI is InChI=1S/C15H18N2O3/c1-10-7-11(8-16)9-17-15(10)20-14-12(18-2)5-4-6-13(14)19-3/h4-7,9H,8,16H2,1-3H3. The van der Waals surface area contributed by atoms with Gasteiger partial charge in [-0.05, 0) is 30.7 Å². The van der Waals surface area contributed by atoms with Gasteiger partial charge in [0.25, 0.3) is 0 Å². The molecule has 0 saturated carbocycles. The van der Waals surface area contributed by atoms with Crippen LogP contribution in [0.15, 0.2) is 30.5 Å². The predicted molar refractivity (Wildman–Crippen MR) is 76.5 cm³/mol. The number of hydrogen-bond donors (Lipinski definition) is 1. The van der Waals surface area contributed by atoms with Gasteiger partial charge in [0, 0.05) is 18.3 Å². The molecule has 5 heteroatoms. The molecule has 2 N–H and O–H groups in total. The lowest BCUT2D eigenvalue weighted by molar-refractivity contribution is 0.341. The lowest BCUT2D eigenvalue weighted by Crippen LogP contribution is -2.00. The van der Waals surface area contributed by atoms with Crippen molar-refractivity contribution in [2.24, 2.45) is 5.73 Å². The maximum Gasteiger partial charge on any atom is 0.222 e. The van der Waals surface area contributed by atoms with E-state index in [0.717, 1.165) is 11.1 Å².